The maximum absolute atomic E-state index is 5.90. The Morgan fingerprint density at radius 2 is 2.11 bits per heavy atom. The summed E-state index contributed by atoms with van der Waals surface area (Å²) in [6.07, 6.45) is 4.38. The summed E-state index contributed by atoms with van der Waals surface area (Å²) < 4.78 is 5.90. The second kappa shape index (κ2) is 4.09. The number of fused-ring (bicyclic) bond motifs is 3. The van der Waals surface area contributed by atoms with Gasteiger partial charge in [-0.1, -0.05) is 13.3 Å². The average molecular weight is 254 g/mol. The summed E-state index contributed by atoms with van der Waals surface area (Å²) in [4.78, 5) is 16.5. The molecular weight excluding hydrogens is 234 g/mol. The van der Waals surface area contributed by atoms with E-state index in [1.807, 2.05) is 6.92 Å². The molecule has 5 atom stereocenters. The molecule has 0 amide bonds. The largest absolute Gasteiger partial charge is 0.335 e. The van der Waals surface area contributed by atoms with Crippen LogP contribution in [-0.2, 0) is 19.3 Å². The fourth-order valence-corrected chi connectivity index (χ4v) is 3.73. The van der Waals surface area contributed by atoms with Crippen LogP contribution >= 0.6 is 0 Å². The molecule has 0 aromatic heterocycles. The second-order valence-corrected chi connectivity index (χ2v) is 5.93. The van der Waals surface area contributed by atoms with Crippen molar-refractivity contribution in [2.24, 2.45) is 11.8 Å². The fourth-order valence-electron chi connectivity index (χ4n) is 3.73. The zero-order chi connectivity index (χ0) is 12.8. The summed E-state index contributed by atoms with van der Waals surface area (Å²) >= 11 is 0. The SMILES string of the molecule is C#[N+]O[C@H]1O[C@]2(C)CCC3[C@@H](C)CCCC31OO2. The van der Waals surface area contributed by atoms with E-state index in [4.69, 9.17) is 25.9 Å². The smallest absolute Gasteiger partial charge is 0.299 e. The molecule has 4 fully saturated rings. The Labute approximate surface area is 107 Å². The van der Waals surface area contributed by atoms with Crippen LogP contribution in [0, 0.1) is 18.4 Å². The molecule has 18 heavy (non-hydrogen) atoms. The van der Waals surface area contributed by atoms with Crippen molar-refractivity contribution in [3.63, 3.8) is 0 Å². The van der Waals surface area contributed by atoms with Crippen LogP contribution in [0.1, 0.15) is 46.0 Å². The van der Waals surface area contributed by atoms with Gasteiger partial charge in [0.2, 0.25) is 10.8 Å². The van der Waals surface area contributed by atoms with E-state index in [0.717, 1.165) is 25.7 Å². The zero-order valence-electron chi connectivity index (χ0n) is 10.9. The molecule has 4 rings (SSSR count). The molecule has 1 spiro atoms. The van der Waals surface area contributed by atoms with E-state index in [1.165, 1.54) is 6.42 Å². The molecule has 1 aliphatic carbocycles. The van der Waals surface area contributed by atoms with Gasteiger partial charge in [0.05, 0.1) is 0 Å². The topological polar surface area (TPSA) is 41.3 Å². The lowest BCUT2D eigenvalue weighted by molar-refractivity contribution is -0.547. The van der Waals surface area contributed by atoms with Crippen molar-refractivity contribution < 1.29 is 19.3 Å². The Balaban J connectivity index is 1.98. The van der Waals surface area contributed by atoms with Gasteiger partial charge in [-0.2, -0.15) is 0 Å². The van der Waals surface area contributed by atoms with Gasteiger partial charge < -0.3 is 0 Å². The summed E-state index contributed by atoms with van der Waals surface area (Å²) in [6.45, 7) is 9.29. The van der Waals surface area contributed by atoms with E-state index in [2.05, 4.69) is 11.9 Å². The summed E-state index contributed by atoms with van der Waals surface area (Å²) in [7, 11) is 0. The van der Waals surface area contributed by atoms with Crippen molar-refractivity contribution in [1.82, 2.24) is 0 Å². The van der Waals surface area contributed by atoms with Crippen LogP contribution < -0.4 is 0 Å². The molecule has 3 heterocycles. The molecule has 0 N–H and O–H groups in total. The molecule has 0 aromatic carbocycles. The van der Waals surface area contributed by atoms with Gasteiger partial charge in [0.15, 0.2) is 5.60 Å². The lowest BCUT2D eigenvalue weighted by Crippen LogP contribution is -2.60. The summed E-state index contributed by atoms with van der Waals surface area (Å²) in [5.41, 5.74) is -0.559. The predicted octanol–water partition coefficient (Wildman–Crippen LogP) is 2.87. The number of rotatable bonds is 1. The maximum atomic E-state index is 5.90. The van der Waals surface area contributed by atoms with Gasteiger partial charge in [-0.3, -0.25) is 4.74 Å². The first-order valence-electron chi connectivity index (χ1n) is 6.70. The highest BCUT2D eigenvalue weighted by Crippen LogP contribution is 2.53. The van der Waals surface area contributed by atoms with E-state index in [9.17, 15) is 0 Å². The zero-order valence-corrected chi connectivity index (χ0v) is 10.9. The predicted molar refractivity (Wildman–Crippen MR) is 63.3 cm³/mol. The number of hydrogen-bond donors (Lipinski definition) is 0. The monoisotopic (exact) mass is 254 g/mol. The Hall–Kier alpha value is -0.830. The highest BCUT2D eigenvalue weighted by molar-refractivity contribution is 5.01. The van der Waals surface area contributed by atoms with Crippen molar-refractivity contribution in [2.75, 3.05) is 0 Å². The average Bonchev–Trinajstić information content (AvgIpc) is 2.56. The molecule has 3 aliphatic heterocycles. The van der Waals surface area contributed by atoms with Crippen molar-refractivity contribution in [2.45, 2.75) is 63.6 Å². The highest BCUT2D eigenvalue weighted by Gasteiger charge is 2.64. The Morgan fingerprint density at radius 3 is 2.89 bits per heavy atom. The molecule has 5 nitrogen and oxygen atoms in total. The van der Waals surface area contributed by atoms with Crippen LogP contribution in [0.15, 0.2) is 0 Å². The van der Waals surface area contributed by atoms with Crippen LogP contribution in [-0.4, -0.2) is 17.7 Å². The van der Waals surface area contributed by atoms with Gasteiger partial charge in [0.1, 0.15) is 0 Å². The molecule has 5 heteroatoms. The van der Waals surface area contributed by atoms with Crippen LogP contribution in [0.5, 0.6) is 0 Å². The molecule has 3 saturated heterocycles. The van der Waals surface area contributed by atoms with E-state index in [0.29, 0.717) is 11.8 Å². The molecule has 4 aliphatic rings. The summed E-state index contributed by atoms with van der Waals surface area (Å²) in [5.74, 6) is 0.176. The molecule has 1 saturated carbocycles. The quantitative estimate of drug-likeness (QED) is 0.533. The van der Waals surface area contributed by atoms with E-state index in [-0.39, 0.29) is 0 Å². The Kier molecular flexibility index (Phi) is 2.77. The molecule has 2 bridgehead atoms. The lowest BCUT2D eigenvalue weighted by atomic mass is 9.67. The van der Waals surface area contributed by atoms with Crippen molar-refractivity contribution >= 4 is 0 Å². The maximum Gasteiger partial charge on any atom is 0.335 e. The van der Waals surface area contributed by atoms with Crippen LogP contribution in [0.3, 0.4) is 0 Å². The second-order valence-electron chi connectivity index (χ2n) is 5.93. The van der Waals surface area contributed by atoms with Gasteiger partial charge >= 0.3 is 12.9 Å². The van der Waals surface area contributed by atoms with Gasteiger partial charge in [-0.05, 0) is 32.1 Å². The van der Waals surface area contributed by atoms with Gasteiger partial charge in [-0.15, -0.1) is 4.84 Å². The molecule has 0 aromatic rings. The molecular formula is C13H20NO4+. The molecule has 0 radical (unpaired) electrons. The van der Waals surface area contributed by atoms with E-state index >= 15 is 0 Å². The first-order valence-corrected chi connectivity index (χ1v) is 6.70. The van der Waals surface area contributed by atoms with Gasteiger partial charge in [-0.25, -0.2) is 9.78 Å². The number of nitrogens with zero attached hydrogens (tertiary/aromatic N) is 1. The van der Waals surface area contributed by atoms with E-state index in [1.54, 1.807) is 0 Å². The first-order chi connectivity index (χ1) is 8.60. The van der Waals surface area contributed by atoms with Gasteiger partial charge in [0.25, 0.3) is 0 Å². The first kappa shape index (κ1) is 12.2. The Bertz CT molecular complexity index is 382. The standard InChI is InChI=1S/C13H20NO4/c1-9-5-4-7-13-10(9)6-8-12(2,17-18-13)15-11(13)16-14-3/h3,9-11H,4-8H2,1-2H3/q+1/t9-,10?,11+,12-,13?/m0/s1. The fraction of sp³-hybridized carbons (Fsp3) is 0.923. The van der Waals surface area contributed by atoms with Gasteiger partial charge in [0, 0.05) is 12.3 Å². The normalized spacial score (nSPS) is 51.1. The van der Waals surface area contributed by atoms with E-state index < -0.39 is 17.7 Å². The number of ether oxygens (including phenoxy) is 1. The van der Waals surface area contributed by atoms with Crippen molar-refractivity contribution in [3.05, 3.63) is 5.01 Å². The molecule has 2 unspecified atom stereocenters. The summed E-state index contributed by atoms with van der Waals surface area (Å²) in [5, 5.41) is 3.30. The molecule has 100 valence electrons. The Morgan fingerprint density at radius 1 is 1.28 bits per heavy atom. The van der Waals surface area contributed by atoms with Crippen LogP contribution in [0.4, 0.5) is 0 Å². The lowest BCUT2D eigenvalue weighted by Gasteiger charge is -2.47. The van der Waals surface area contributed by atoms with Crippen molar-refractivity contribution in [3.8, 4) is 6.57 Å². The van der Waals surface area contributed by atoms with Crippen molar-refractivity contribution in [1.29, 1.82) is 0 Å². The highest BCUT2D eigenvalue weighted by atomic mass is 17.3. The third-order valence-corrected chi connectivity index (χ3v) is 4.74. The minimum atomic E-state index is -0.752. The third kappa shape index (κ3) is 1.63. The van der Waals surface area contributed by atoms with Crippen LogP contribution in [0.25, 0.3) is 5.01 Å². The van der Waals surface area contributed by atoms with Crippen LogP contribution in [0.2, 0.25) is 0 Å². The minimum absolute atomic E-state index is 0.363. The third-order valence-electron chi connectivity index (χ3n) is 4.74. The number of hydrogen-bond acceptors (Lipinski definition) is 4. The minimum Gasteiger partial charge on any atom is -0.299 e. The summed E-state index contributed by atoms with van der Waals surface area (Å²) in [6, 6.07) is 0.